The summed E-state index contributed by atoms with van der Waals surface area (Å²) in [6.07, 6.45) is 7.40. The Hall–Kier alpha value is -3.94. The van der Waals surface area contributed by atoms with E-state index in [0.717, 1.165) is 78.2 Å². The van der Waals surface area contributed by atoms with E-state index >= 15 is 0 Å². The zero-order valence-corrected chi connectivity index (χ0v) is 19.4. The van der Waals surface area contributed by atoms with Crippen LogP contribution in [-0.2, 0) is 4.74 Å². The van der Waals surface area contributed by atoms with Crippen molar-refractivity contribution < 1.29 is 4.74 Å². The Balaban J connectivity index is 1.34. The molecule has 1 fully saturated rings. The zero-order valence-electron chi connectivity index (χ0n) is 19.4. The van der Waals surface area contributed by atoms with Gasteiger partial charge in [-0.15, -0.1) is 0 Å². The summed E-state index contributed by atoms with van der Waals surface area (Å²) in [6, 6.07) is 18.6. The topological polar surface area (TPSA) is 76.1 Å². The molecule has 0 amide bonds. The molecule has 0 unspecified atom stereocenters. The van der Waals surface area contributed by atoms with Crippen LogP contribution in [0, 0.1) is 0 Å². The van der Waals surface area contributed by atoms with Gasteiger partial charge in [-0.3, -0.25) is 14.9 Å². The van der Waals surface area contributed by atoms with E-state index in [4.69, 9.17) is 14.7 Å². The second-order valence-electron chi connectivity index (χ2n) is 8.66. The Morgan fingerprint density at radius 2 is 1.71 bits per heavy atom. The van der Waals surface area contributed by atoms with Crippen LogP contribution in [0.15, 0.2) is 79.4 Å². The number of rotatable bonds is 6. The van der Waals surface area contributed by atoms with Crippen molar-refractivity contribution in [3.63, 3.8) is 0 Å². The molecule has 7 heteroatoms. The van der Waals surface area contributed by atoms with Gasteiger partial charge in [-0.2, -0.15) is 0 Å². The predicted octanol–water partition coefficient (Wildman–Crippen LogP) is 4.65. The van der Waals surface area contributed by atoms with Gasteiger partial charge in [-0.25, -0.2) is 9.97 Å². The third-order valence-electron chi connectivity index (χ3n) is 6.42. The minimum Gasteiger partial charge on any atom is -0.379 e. The Labute approximate surface area is 203 Å². The smallest absolute Gasteiger partial charge is 0.162 e. The summed E-state index contributed by atoms with van der Waals surface area (Å²) < 4.78 is 5.46. The maximum Gasteiger partial charge on any atom is 0.162 e. The molecule has 1 saturated heterocycles. The number of aromatic nitrogens is 4. The molecule has 35 heavy (non-hydrogen) atoms. The molecule has 0 radical (unpaired) electrons. The number of pyridine rings is 2. The highest BCUT2D eigenvalue weighted by Gasteiger charge is 2.13. The summed E-state index contributed by atoms with van der Waals surface area (Å²) in [5.74, 6) is 1.51. The number of fused-ring (bicyclic) bond motifs is 2. The van der Waals surface area contributed by atoms with E-state index in [2.05, 4.69) is 62.6 Å². The van der Waals surface area contributed by atoms with Crippen LogP contribution in [0.25, 0.3) is 44.2 Å². The lowest BCUT2D eigenvalue weighted by Gasteiger charge is -2.26. The summed E-state index contributed by atoms with van der Waals surface area (Å²) in [5.41, 5.74) is 3.96. The highest BCUT2D eigenvalue weighted by atomic mass is 16.5. The van der Waals surface area contributed by atoms with Crippen LogP contribution in [-0.4, -0.2) is 64.2 Å². The second-order valence-corrected chi connectivity index (χ2v) is 8.66. The molecule has 4 heterocycles. The van der Waals surface area contributed by atoms with Crippen LogP contribution in [0.5, 0.6) is 0 Å². The van der Waals surface area contributed by atoms with Crippen LogP contribution < -0.4 is 5.32 Å². The first-order chi connectivity index (χ1) is 17.3. The van der Waals surface area contributed by atoms with E-state index in [1.807, 2.05) is 24.5 Å². The molecule has 6 rings (SSSR count). The maximum atomic E-state index is 5.46. The number of anilines is 1. The fraction of sp³-hybridized carbons (Fsp3) is 0.214. The number of nitrogens with zero attached hydrogens (tertiary/aromatic N) is 5. The van der Waals surface area contributed by atoms with E-state index in [-0.39, 0.29) is 0 Å². The summed E-state index contributed by atoms with van der Waals surface area (Å²) in [6.45, 7) is 5.28. The first-order valence-electron chi connectivity index (χ1n) is 11.9. The lowest BCUT2D eigenvalue weighted by atomic mass is 9.99. The van der Waals surface area contributed by atoms with Crippen LogP contribution in [0.4, 0.5) is 5.82 Å². The number of morpholine rings is 1. The lowest BCUT2D eigenvalue weighted by Crippen LogP contribution is -2.39. The molecule has 0 saturated carbocycles. The Morgan fingerprint density at radius 1 is 0.829 bits per heavy atom. The van der Waals surface area contributed by atoms with E-state index in [0.29, 0.717) is 5.82 Å². The van der Waals surface area contributed by atoms with E-state index in [1.165, 1.54) is 5.39 Å². The van der Waals surface area contributed by atoms with E-state index in [1.54, 1.807) is 12.4 Å². The van der Waals surface area contributed by atoms with E-state index in [9.17, 15) is 0 Å². The van der Waals surface area contributed by atoms with Gasteiger partial charge in [-0.1, -0.05) is 42.5 Å². The highest BCUT2D eigenvalue weighted by Crippen LogP contribution is 2.31. The van der Waals surface area contributed by atoms with Crippen LogP contribution in [0.1, 0.15) is 0 Å². The average molecular weight is 463 g/mol. The van der Waals surface area contributed by atoms with Crippen molar-refractivity contribution in [3.05, 3.63) is 79.4 Å². The molecule has 0 spiro atoms. The predicted molar refractivity (Wildman–Crippen MR) is 139 cm³/mol. The molecule has 0 atom stereocenters. The SMILES string of the molecule is c1cc(-c2nc(NCCN3CCOCC3)c3ccncc3n2)cc(-c2cncc3ccccc23)c1. The summed E-state index contributed by atoms with van der Waals surface area (Å²) in [7, 11) is 0. The van der Waals surface area contributed by atoms with Gasteiger partial charge in [0, 0.05) is 66.7 Å². The lowest BCUT2D eigenvalue weighted by molar-refractivity contribution is 0.0398. The van der Waals surface area contributed by atoms with Crippen molar-refractivity contribution in [2.24, 2.45) is 0 Å². The fourth-order valence-corrected chi connectivity index (χ4v) is 4.57. The summed E-state index contributed by atoms with van der Waals surface area (Å²) >= 11 is 0. The number of ether oxygens (including phenoxy) is 1. The molecule has 2 aromatic carbocycles. The molecule has 1 aliphatic rings. The molecular formula is C28H26N6O. The van der Waals surface area contributed by atoms with Crippen molar-refractivity contribution in [2.75, 3.05) is 44.7 Å². The van der Waals surface area contributed by atoms with Crippen molar-refractivity contribution in [1.82, 2.24) is 24.8 Å². The first-order valence-corrected chi connectivity index (χ1v) is 11.9. The van der Waals surface area contributed by atoms with Gasteiger partial charge in [0.15, 0.2) is 5.82 Å². The van der Waals surface area contributed by atoms with Crippen molar-refractivity contribution >= 4 is 27.5 Å². The zero-order chi connectivity index (χ0) is 23.5. The quantitative estimate of drug-likeness (QED) is 0.394. The monoisotopic (exact) mass is 462 g/mol. The molecule has 174 valence electrons. The molecule has 7 nitrogen and oxygen atoms in total. The molecular weight excluding hydrogens is 436 g/mol. The minimum atomic E-state index is 0.675. The van der Waals surface area contributed by atoms with Crippen molar-refractivity contribution in [2.45, 2.75) is 0 Å². The normalized spacial score (nSPS) is 14.4. The number of hydrogen-bond donors (Lipinski definition) is 1. The van der Waals surface area contributed by atoms with Crippen LogP contribution >= 0.6 is 0 Å². The minimum absolute atomic E-state index is 0.675. The van der Waals surface area contributed by atoms with Crippen LogP contribution in [0.2, 0.25) is 0 Å². The Bertz CT molecular complexity index is 1480. The Morgan fingerprint density at radius 3 is 2.66 bits per heavy atom. The van der Waals surface area contributed by atoms with Gasteiger partial charge < -0.3 is 10.1 Å². The Kier molecular flexibility index (Phi) is 6.00. The highest BCUT2D eigenvalue weighted by molar-refractivity contribution is 5.96. The molecule has 5 aromatic rings. The maximum absolute atomic E-state index is 5.46. The van der Waals surface area contributed by atoms with Crippen molar-refractivity contribution in [3.8, 4) is 22.5 Å². The third-order valence-corrected chi connectivity index (χ3v) is 6.42. The largest absolute Gasteiger partial charge is 0.379 e. The fourth-order valence-electron chi connectivity index (χ4n) is 4.57. The van der Waals surface area contributed by atoms with E-state index < -0.39 is 0 Å². The first kappa shape index (κ1) is 21.6. The molecule has 0 aliphatic carbocycles. The second kappa shape index (κ2) is 9.74. The molecule has 1 N–H and O–H groups in total. The molecule has 1 aliphatic heterocycles. The summed E-state index contributed by atoms with van der Waals surface area (Å²) in [4.78, 5) is 20.9. The molecule has 3 aromatic heterocycles. The van der Waals surface area contributed by atoms with Crippen molar-refractivity contribution in [1.29, 1.82) is 0 Å². The van der Waals surface area contributed by atoms with Gasteiger partial charge in [0.2, 0.25) is 0 Å². The average Bonchev–Trinajstić information content (AvgIpc) is 2.93. The van der Waals surface area contributed by atoms with Gasteiger partial charge in [-0.05, 0) is 23.1 Å². The third kappa shape index (κ3) is 4.56. The van der Waals surface area contributed by atoms with Gasteiger partial charge in [0.25, 0.3) is 0 Å². The number of hydrogen-bond acceptors (Lipinski definition) is 7. The number of benzene rings is 2. The standard InChI is InChI=1S/C28H26N6O/c1-2-7-23-22(4-1)17-30-18-25(23)20-5-3-6-21(16-20)27-32-26-19-29-9-8-24(26)28(33-27)31-10-11-34-12-14-35-15-13-34/h1-9,16-19H,10-15H2,(H,31,32,33). The summed E-state index contributed by atoms with van der Waals surface area (Å²) in [5, 5.41) is 6.81. The number of nitrogens with one attached hydrogen (secondary N) is 1. The van der Waals surface area contributed by atoms with Gasteiger partial charge in [0.05, 0.1) is 24.9 Å². The molecule has 0 bridgehead atoms. The van der Waals surface area contributed by atoms with Gasteiger partial charge in [0.1, 0.15) is 5.82 Å². The van der Waals surface area contributed by atoms with Gasteiger partial charge >= 0.3 is 0 Å². The van der Waals surface area contributed by atoms with Crippen LogP contribution in [0.3, 0.4) is 0 Å².